The predicted molar refractivity (Wildman–Crippen MR) is 62.2 cm³/mol. The van der Waals surface area contributed by atoms with Crippen molar-refractivity contribution in [3.8, 4) is 0 Å². The quantitative estimate of drug-likeness (QED) is 0.842. The molecule has 88 valence electrons. The van der Waals surface area contributed by atoms with Gasteiger partial charge in [-0.1, -0.05) is 0 Å². The van der Waals surface area contributed by atoms with Gasteiger partial charge in [0.2, 0.25) is 0 Å². The Balaban J connectivity index is 1.96. The minimum Gasteiger partial charge on any atom is -0.380 e. The fraction of sp³-hybridized carbons (Fsp3) is 0.667. The summed E-state index contributed by atoms with van der Waals surface area (Å²) in [7, 11) is 0. The normalized spacial score (nSPS) is 23.0. The Morgan fingerprint density at radius 3 is 2.94 bits per heavy atom. The fourth-order valence-electron chi connectivity index (χ4n) is 2.15. The molecule has 0 amide bonds. The molecule has 2 heterocycles. The molecule has 1 saturated heterocycles. The summed E-state index contributed by atoms with van der Waals surface area (Å²) < 4.78 is 5.45. The van der Waals surface area contributed by atoms with E-state index in [0.29, 0.717) is 6.04 Å². The van der Waals surface area contributed by atoms with E-state index in [9.17, 15) is 0 Å². The molecule has 0 aliphatic carbocycles. The van der Waals surface area contributed by atoms with Crippen LogP contribution < -0.4 is 5.32 Å². The van der Waals surface area contributed by atoms with Crippen molar-refractivity contribution in [3.05, 3.63) is 23.8 Å². The third-order valence-electron chi connectivity index (χ3n) is 2.98. The lowest BCUT2D eigenvalue weighted by molar-refractivity contribution is 0.0668. The van der Waals surface area contributed by atoms with E-state index in [1.807, 2.05) is 6.92 Å². The van der Waals surface area contributed by atoms with E-state index in [-0.39, 0.29) is 6.04 Å². The zero-order chi connectivity index (χ0) is 11.4. The summed E-state index contributed by atoms with van der Waals surface area (Å²) in [5.41, 5.74) is 2.03. The number of rotatable bonds is 3. The maximum Gasteiger partial charge on any atom is 0.0782 e. The van der Waals surface area contributed by atoms with E-state index in [2.05, 4.69) is 22.2 Å². The first-order chi connectivity index (χ1) is 7.77. The first kappa shape index (κ1) is 11.5. The van der Waals surface area contributed by atoms with E-state index in [1.165, 1.54) is 6.42 Å². The van der Waals surface area contributed by atoms with Gasteiger partial charge in [-0.2, -0.15) is 0 Å². The van der Waals surface area contributed by atoms with E-state index < -0.39 is 0 Å². The number of hydrogen-bond acceptors (Lipinski definition) is 4. The topological polar surface area (TPSA) is 47.0 Å². The van der Waals surface area contributed by atoms with Crippen molar-refractivity contribution in [1.82, 2.24) is 15.3 Å². The molecule has 0 radical (unpaired) electrons. The highest BCUT2D eigenvalue weighted by Gasteiger charge is 2.18. The largest absolute Gasteiger partial charge is 0.380 e. The molecule has 1 aliphatic heterocycles. The molecule has 4 nitrogen and oxygen atoms in total. The SMILES string of the molecule is Cc1nccnc1C(C)NC1CCCOC1. The summed E-state index contributed by atoms with van der Waals surface area (Å²) in [6.07, 6.45) is 5.81. The van der Waals surface area contributed by atoms with Crippen molar-refractivity contribution in [2.75, 3.05) is 13.2 Å². The third-order valence-corrected chi connectivity index (χ3v) is 2.98. The summed E-state index contributed by atoms with van der Waals surface area (Å²) in [5, 5.41) is 3.55. The van der Waals surface area contributed by atoms with E-state index >= 15 is 0 Å². The van der Waals surface area contributed by atoms with Crippen molar-refractivity contribution >= 4 is 0 Å². The first-order valence-electron chi connectivity index (χ1n) is 5.88. The number of aromatic nitrogens is 2. The fourth-order valence-corrected chi connectivity index (χ4v) is 2.15. The average molecular weight is 221 g/mol. The van der Waals surface area contributed by atoms with E-state index in [4.69, 9.17) is 4.74 Å². The van der Waals surface area contributed by atoms with Gasteiger partial charge in [-0.25, -0.2) is 0 Å². The second kappa shape index (κ2) is 5.37. The van der Waals surface area contributed by atoms with Crippen molar-refractivity contribution in [2.45, 2.75) is 38.8 Å². The lowest BCUT2D eigenvalue weighted by Gasteiger charge is -2.26. The van der Waals surface area contributed by atoms with Gasteiger partial charge < -0.3 is 10.1 Å². The second-order valence-electron chi connectivity index (χ2n) is 4.33. The molecule has 4 heteroatoms. The minimum absolute atomic E-state index is 0.236. The molecule has 2 rings (SSSR count). The van der Waals surface area contributed by atoms with E-state index in [0.717, 1.165) is 31.0 Å². The molecular weight excluding hydrogens is 202 g/mol. The highest BCUT2D eigenvalue weighted by atomic mass is 16.5. The van der Waals surface area contributed by atoms with Gasteiger partial charge in [0.05, 0.1) is 18.0 Å². The van der Waals surface area contributed by atoms with Crippen LogP contribution >= 0.6 is 0 Å². The first-order valence-corrected chi connectivity index (χ1v) is 5.88. The smallest absolute Gasteiger partial charge is 0.0782 e. The molecule has 1 N–H and O–H groups in total. The predicted octanol–water partition coefficient (Wildman–Crippen LogP) is 1.61. The highest BCUT2D eigenvalue weighted by molar-refractivity contribution is 5.12. The third kappa shape index (κ3) is 2.77. The molecule has 1 fully saturated rings. The van der Waals surface area contributed by atoms with Gasteiger partial charge >= 0.3 is 0 Å². The van der Waals surface area contributed by atoms with Gasteiger partial charge in [0, 0.05) is 31.1 Å². The summed E-state index contributed by atoms with van der Waals surface area (Å²) in [4.78, 5) is 8.64. The molecule has 1 aromatic rings. The Morgan fingerprint density at radius 2 is 2.25 bits per heavy atom. The highest BCUT2D eigenvalue weighted by Crippen LogP contribution is 2.15. The Kier molecular flexibility index (Phi) is 3.85. The minimum atomic E-state index is 0.236. The van der Waals surface area contributed by atoms with Gasteiger partial charge in [0.15, 0.2) is 0 Å². The Hall–Kier alpha value is -1.00. The Labute approximate surface area is 96.4 Å². The van der Waals surface area contributed by atoms with Crippen molar-refractivity contribution in [3.63, 3.8) is 0 Å². The monoisotopic (exact) mass is 221 g/mol. The molecule has 1 aromatic heterocycles. The summed E-state index contributed by atoms with van der Waals surface area (Å²) in [6.45, 7) is 5.84. The van der Waals surface area contributed by atoms with Gasteiger partial charge in [0.25, 0.3) is 0 Å². The van der Waals surface area contributed by atoms with Gasteiger partial charge in [-0.05, 0) is 26.7 Å². The number of nitrogens with one attached hydrogen (secondary N) is 1. The number of aryl methyl sites for hydroxylation is 1. The van der Waals surface area contributed by atoms with Crippen LogP contribution in [0.25, 0.3) is 0 Å². The molecule has 2 unspecified atom stereocenters. The maximum atomic E-state index is 5.45. The second-order valence-corrected chi connectivity index (χ2v) is 4.33. The van der Waals surface area contributed by atoms with Crippen LogP contribution in [0.2, 0.25) is 0 Å². The zero-order valence-corrected chi connectivity index (χ0v) is 9.94. The lowest BCUT2D eigenvalue weighted by Crippen LogP contribution is -2.38. The molecule has 16 heavy (non-hydrogen) atoms. The molecule has 2 atom stereocenters. The van der Waals surface area contributed by atoms with Crippen LogP contribution in [0.4, 0.5) is 0 Å². The van der Waals surface area contributed by atoms with Crippen LogP contribution in [0.3, 0.4) is 0 Å². The molecule has 0 spiro atoms. The van der Waals surface area contributed by atoms with Gasteiger partial charge in [0.1, 0.15) is 0 Å². The number of hydrogen-bond donors (Lipinski definition) is 1. The summed E-state index contributed by atoms with van der Waals surface area (Å²) in [5.74, 6) is 0. The summed E-state index contributed by atoms with van der Waals surface area (Å²) >= 11 is 0. The lowest BCUT2D eigenvalue weighted by atomic mass is 10.1. The Bertz CT molecular complexity index is 337. The Morgan fingerprint density at radius 1 is 1.44 bits per heavy atom. The molecule has 0 aromatic carbocycles. The van der Waals surface area contributed by atoms with Gasteiger partial charge in [-0.3, -0.25) is 9.97 Å². The number of ether oxygens (including phenoxy) is 1. The zero-order valence-electron chi connectivity index (χ0n) is 9.94. The number of nitrogens with zero attached hydrogens (tertiary/aromatic N) is 2. The maximum absolute atomic E-state index is 5.45. The van der Waals surface area contributed by atoms with Crippen molar-refractivity contribution in [2.24, 2.45) is 0 Å². The molecule has 1 aliphatic rings. The van der Waals surface area contributed by atoms with Crippen molar-refractivity contribution in [1.29, 1.82) is 0 Å². The summed E-state index contributed by atoms with van der Waals surface area (Å²) in [6, 6.07) is 0.686. The van der Waals surface area contributed by atoms with Crippen LogP contribution in [0.5, 0.6) is 0 Å². The van der Waals surface area contributed by atoms with Crippen molar-refractivity contribution < 1.29 is 4.74 Å². The van der Waals surface area contributed by atoms with Crippen LogP contribution in [0.15, 0.2) is 12.4 Å². The molecule has 0 saturated carbocycles. The van der Waals surface area contributed by atoms with Crippen LogP contribution in [-0.2, 0) is 4.74 Å². The van der Waals surface area contributed by atoms with Gasteiger partial charge in [-0.15, -0.1) is 0 Å². The average Bonchev–Trinajstić information content (AvgIpc) is 2.31. The van der Waals surface area contributed by atoms with Crippen LogP contribution in [0.1, 0.15) is 37.2 Å². The molecule has 0 bridgehead atoms. The van der Waals surface area contributed by atoms with Crippen LogP contribution in [-0.4, -0.2) is 29.2 Å². The molecular formula is C12H19N3O. The van der Waals surface area contributed by atoms with Crippen LogP contribution in [0, 0.1) is 6.92 Å². The van der Waals surface area contributed by atoms with E-state index in [1.54, 1.807) is 12.4 Å². The standard InChI is InChI=1S/C12H19N3O/c1-9-12(14-6-5-13-9)10(2)15-11-4-3-7-16-8-11/h5-6,10-11,15H,3-4,7-8H2,1-2H3.